The average molecular weight is 410 g/mol. The lowest BCUT2D eigenvalue weighted by molar-refractivity contribution is -0.137. The van der Waals surface area contributed by atoms with Gasteiger partial charge in [0.15, 0.2) is 12.4 Å². The highest BCUT2D eigenvalue weighted by molar-refractivity contribution is 6.03. The van der Waals surface area contributed by atoms with Gasteiger partial charge in [0, 0.05) is 31.1 Å². The summed E-state index contributed by atoms with van der Waals surface area (Å²) in [5.74, 6) is 0.0821. The smallest absolute Gasteiger partial charge is 0.261 e. The monoisotopic (exact) mass is 410 g/mol. The summed E-state index contributed by atoms with van der Waals surface area (Å²) in [5, 5.41) is 10.3. The summed E-state index contributed by atoms with van der Waals surface area (Å²) in [6.45, 7) is 4.14. The van der Waals surface area contributed by atoms with Crippen LogP contribution in [0, 0.1) is 0 Å². The molecular weight excluding hydrogens is 384 g/mol. The maximum Gasteiger partial charge on any atom is 0.261 e. The zero-order valence-corrected chi connectivity index (χ0v) is 17.3. The van der Waals surface area contributed by atoms with Gasteiger partial charge in [0.2, 0.25) is 0 Å². The van der Waals surface area contributed by atoms with Crippen LogP contribution in [0.5, 0.6) is 17.2 Å². The Morgan fingerprint density at radius 1 is 1.37 bits per heavy atom. The molecule has 0 unspecified atom stereocenters. The molecule has 2 aliphatic rings. The molecule has 1 N–H and O–H groups in total. The van der Waals surface area contributed by atoms with Crippen LogP contribution in [-0.4, -0.2) is 45.4 Å². The van der Waals surface area contributed by atoms with Crippen molar-refractivity contribution in [3.8, 4) is 17.2 Å². The molecule has 2 aliphatic heterocycles. The van der Waals surface area contributed by atoms with E-state index in [1.54, 1.807) is 18.5 Å². The number of hydrogen-bond acceptors (Lipinski definition) is 6. The lowest BCUT2D eigenvalue weighted by Crippen LogP contribution is -2.41. The minimum atomic E-state index is -0.657. The lowest BCUT2D eigenvalue weighted by Gasteiger charge is -2.36. The fourth-order valence-electron chi connectivity index (χ4n) is 4.21. The molecule has 1 aromatic carbocycles. The van der Waals surface area contributed by atoms with Crippen LogP contribution in [0.3, 0.4) is 0 Å². The first-order valence-electron chi connectivity index (χ1n) is 10.3. The van der Waals surface area contributed by atoms with Gasteiger partial charge in [-0.25, -0.2) is 0 Å². The predicted molar refractivity (Wildman–Crippen MR) is 110 cm³/mol. The molecule has 0 spiro atoms. The standard InChI is InChI=1S/C23H26N2O5/c1-23(2)12-19(27)22-18(26)10-16(11-20(22)30-23)29-14-21(28)25-9-4-3-7-17(25)15-6-5-8-24-13-15/h5-6,8,10-11,13,17,26H,3-4,7,9,12,14H2,1-2H3/t17-/m1/s1. The van der Waals surface area contributed by atoms with E-state index in [0.717, 1.165) is 24.8 Å². The van der Waals surface area contributed by atoms with Gasteiger partial charge in [-0.3, -0.25) is 14.6 Å². The number of ketones is 1. The van der Waals surface area contributed by atoms with Crippen molar-refractivity contribution in [1.29, 1.82) is 0 Å². The molecule has 1 fully saturated rings. The number of aromatic nitrogens is 1. The van der Waals surface area contributed by atoms with Crippen LogP contribution in [0.4, 0.5) is 0 Å². The second kappa shape index (κ2) is 7.97. The van der Waals surface area contributed by atoms with E-state index in [1.165, 1.54) is 6.07 Å². The highest BCUT2D eigenvalue weighted by atomic mass is 16.5. The Bertz CT molecular complexity index is 958. The Morgan fingerprint density at radius 3 is 2.97 bits per heavy atom. The molecule has 0 bridgehead atoms. The van der Waals surface area contributed by atoms with Crippen molar-refractivity contribution >= 4 is 11.7 Å². The molecular formula is C23H26N2O5. The molecule has 0 radical (unpaired) electrons. The number of phenols is 1. The van der Waals surface area contributed by atoms with E-state index in [-0.39, 0.29) is 47.8 Å². The third-order valence-electron chi connectivity index (χ3n) is 5.56. The number of carbonyl (C=O) groups excluding carboxylic acids is 2. The van der Waals surface area contributed by atoms with Crippen molar-refractivity contribution in [1.82, 2.24) is 9.88 Å². The van der Waals surface area contributed by atoms with Gasteiger partial charge < -0.3 is 19.5 Å². The molecule has 158 valence electrons. The van der Waals surface area contributed by atoms with E-state index in [1.807, 2.05) is 30.9 Å². The second-order valence-corrected chi connectivity index (χ2v) is 8.45. The van der Waals surface area contributed by atoms with Gasteiger partial charge in [-0.2, -0.15) is 0 Å². The molecule has 1 saturated heterocycles. The first-order chi connectivity index (χ1) is 14.3. The Balaban J connectivity index is 1.48. The fraction of sp³-hybridized carbons (Fsp3) is 0.435. The average Bonchev–Trinajstić information content (AvgIpc) is 2.71. The third-order valence-corrected chi connectivity index (χ3v) is 5.56. The summed E-state index contributed by atoms with van der Waals surface area (Å²) in [6, 6.07) is 6.78. The van der Waals surface area contributed by atoms with Gasteiger partial charge in [0.1, 0.15) is 28.4 Å². The van der Waals surface area contributed by atoms with Gasteiger partial charge in [0.25, 0.3) is 5.91 Å². The topological polar surface area (TPSA) is 89.0 Å². The van der Waals surface area contributed by atoms with E-state index in [0.29, 0.717) is 12.3 Å². The molecule has 1 amide bonds. The van der Waals surface area contributed by atoms with Gasteiger partial charge in [0.05, 0.1) is 12.5 Å². The SMILES string of the molecule is CC1(C)CC(=O)c2c(O)cc(OCC(=O)N3CCCC[C@@H]3c3cccnc3)cc2O1. The Kier molecular flexibility index (Phi) is 5.37. The molecule has 2 aromatic rings. The quantitative estimate of drug-likeness (QED) is 0.827. The zero-order valence-electron chi connectivity index (χ0n) is 17.3. The number of phenolic OH excluding ortho intramolecular Hbond substituents is 1. The van der Waals surface area contributed by atoms with Gasteiger partial charge in [-0.05, 0) is 44.7 Å². The van der Waals surface area contributed by atoms with E-state index in [9.17, 15) is 14.7 Å². The van der Waals surface area contributed by atoms with Crippen molar-refractivity contribution in [3.63, 3.8) is 0 Å². The van der Waals surface area contributed by atoms with Crippen molar-refractivity contribution in [2.75, 3.05) is 13.2 Å². The Morgan fingerprint density at radius 2 is 2.20 bits per heavy atom. The Hall–Kier alpha value is -3.09. The van der Waals surface area contributed by atoms with Gasteiger partial charge in [-0.1, -0.05) is 6.07 Å². The molecule has 7 heteroatoms. The number of aromatic hydroxyl groups is 1. The van der Waals surface area contributed by atoms with Crippen molar-refractivity contribution < 1.29 is 24.2 Å². The van der Waals surface area contributed by atoms with Gasteiger partial charge in [-0.15, -0.1) is 0 Å². The van der Waals surface area contributed by atoms with Crippen LogP contribution in [0.1, 0.15) is 61.5 Å². The number of nitrogens with zero attached hydrogens (tertiary/aromatic N) is 2. The number of benzene rings is 1. The molecule has 7 nitrogen and oxygen atoms in total. The lowest BCUT2D eigenvalue weighted by atomic mass is 9.92. The van der Waals surface area contributed by atoms with E-state index >= 15 is 0 Å². The molecule has 0 saturated carbocycles. The summed E-state index contributed by atoms with van der Waals surface area (Å²) in [7, 11) is 0. The number of Topliss-reactive ketones (excluding diaryl/α,β-unsaturated/α-hetero) is 1. The van der Waals surface area contributed by atoms with Crippen molar-refractivity contribution in [2.24, 2.45) is 0 Å². The van der Waals surface area contributed by atoms with Crippen LogP contribution in [-0.2, 0) is 4.79 Å². The molecule has 30 heavy (non-hydrogen) atoms. The number of rotatable bonds is 4. The first kappa shape index (κ1) is 20.2. The van der Waals surface area contributed by atoms with Crippen molar-refractivity contribution in [2.45, 2.75) is 51.2 Å². The number of amides is 1. The number of likely N-dealkylation sites (tertiary alicyclic amines) is 1. The normalized spacial score (nSPS) is 20.3. The molecule has 1 aromatic heterocycles. The third kappa shape index (κ3) is 4.10. The van der Waals surface area contributed by atoms with E-state index in [4.69, 9.17) is 9.47 Å². The summed E-state index contributed by atoms with van der Waals surface area (Å²) in [4.78, 5) is 31.3. The number of fused-ring (bicyclic) bond motifs is 1. The number of piperidine rings is 1. The molecule has 1 atom stereocenters. The van der Waals surface area contributed by atoms with E-state index in [2.05, 4.69) is 4.98 Å². The van der Waals surface area contributed by atoms with E-state index < -0.39 is 5.60 Å². The summed E-state index contributed by atoms with van der Waals surface area (Å²) in [6.07, 6.45) is 6.61. The van der Waals surface area contributed by atoms with Crippen LogP contribution >= 0.6 is 0 Å². The van der Waals surface area contributed by atoms with Crippen LogP contribution in [0.25, 0.3) is 0 Å². The predicted octanol–water partition coefficient (Wildman–Crippen LogP) is 3.66. The van der Waals surface area contributed by atoms with Gasteiger partial charge >= 0.3 is 0 Å². The van der Waals surface area contributed by atoms with Crippen LogP contribution < -0.4 is 9.47 Å². The minimum Gasteiger partial charge on any atom is -0.507 e. The highest BCUT2D eigenvalue weighted by Crippen LogP contribution is 2.41. The Labute approximate surface area is 175 Å². The molecule has 4 rings (SSSR count). The summed E-state index contributed by atoms with van der Waals surface area (Å²) >= 11 is 0. The minimum absolute atomic E-state index is 0.0118. The number of ether oxygens (including phenoxy) is 2. The first-order valence-corrected chi connectivity index (χ1v) is 10.3. The largest absolute Gasteiger partial charge is 0.507 e. The highest BCUT2D eigenvalue weighted by Gasteiger charge is 2.35. The van der Waals surface area contributed by atoms with Crippen LogP contribution in [0.2, 0.25) is 0 Å². The zero-order chi connectivity index (χ0) is 21.3. The number of hydrogen-bond donors (Lipinski definition) is 1. The molecule has 0 aliphatic carbocycles. The maximum atomic E-state index is 12.9. The van der Waals surface area contributed by atoms with Crippen LogP contribution in [0.15, 0.2) is 36.7 Å². The fourth-order valence-corrected chi connectivity index (χ4v) is 4.21. The number of pyridine rings is 1. The summed E-state index contributed by atoms with van der Waals surface area (Å²) in [5.41, 5.74) is 0.530. The van der Waals surface area contributed by atoms with Crippen molar-refractivity contribution in [3.05, 3.63) is 47.8 Å². The molecule has 3 heterocycles. The number of carbonyl (C=O) groups is 2. The second-order valence-electron chi connectivity index (χ2n) is 8.45. The summed E-state index contributed by atoms with van der Waals surface area (Å²) < 4.78 is 11.5. The maximum absolute atomic E-state index is 12.9.